The van der Waals surface area contributed by atoms with Gasteiger partial charge in [-0.05, 0) is 37.1 Å². The van der Waals surface area contributed by atoms with E-state index in [1.54, 1.807) is 6.20 Å². The quantitative estimate of drug-likeness (QED) is 0.640. The van der Waals surface area contributed by atoms with Crippen LogP contribution in [0.4, 0.5) is 4.39 Å². The molecule has 0 atom stereocenters. The fraction of sp³-hybridized carbons (Fsp3) is 0.500. The highest BCUT2D eigenvalue weighted by Crippen LogP contribution is 2.22. The second-order valence-corrected chi connectivity index (χ2v) is 8.06. The van der Waals surface area contributed by atoms with Crippen molar-refractivity contribution >= 4 is 0 Å². The van der Waals surface area contributed by atoms with Crippen molar-refractivity contribution in [2.24, 2.45) is 0 Å². The van der Waals surface area contributed by atoms with Gasteiger partial charge >= 0.3 is 0 Å². The van der Waals surface area contributed by atoms with E-state index in [0.29, 0.717) is 5.69 Å². The van der Waals surface area contributed by atoms with Gasteiger partial charge in [-0.2, -0.15) is 0 Å². The first-order valence-corrected chi connectivity index (χ1v) is 7.97. The first-order valence-electron chi connectivity index (χ1n) is 7.97. The van der Waals surface area contributed by atoms with Crippen molar-refractivity contribution in [1.82, 2.24) is 9.97 Å². The molecular formula is C20H29FN2. The summed E-state index contributed by atoms with van der Waals surface area (Å²) in [4.78, 5) is 8.42. The first kappa shape index (κ1) is 19.3. The van der Waals surface area contributed by atoms with Crippen molar-refractivity contribution < 1.29 is 4.39 Å². The third-order valence-corrected chi connectivity index (χ3v) is 3.37. The average Bonchev–Trinajstić information content (AvgIpc) is 2.37. The average molecular weight is 316 g/mol. The molecule has 0 saturated heterocycles. The molecule has 0 aliphatic heterocycles. The summed E-state index contributed by atoms with van der Waals surface area (Å²) >= 11 is 0. The summed E-state index contributed by atoms with van der Waals surface area (Å²) in [6.07, 6.45) is 3.62. The lowest BCUT2D eigenvalue weighted by molar-refractivity contribution is 0.502. The summed E-state index contributed by atoms with van der Waals surface area (Å²) in [5, 5.41) is 0. The molecule has 0 amide bonds. The number of hydrogen-bond acceptors (Lipinski definition) is 2. The third kappa shape index (κ3) is 6.09. The smallest absolute Gasteiger partial charge is 0.145 e. The molecule has 2 aromatic rings. The zero-order valence-corrected chi connectivity index (χ0v) is 15.7. The van der Waals surface area contributed by atoms with Crippen LogP contribution in [0.3, 0.4) is 0 Å². The monoisotopic (exact) mass is 316 g/mol. The molecule has 0 radical (unpaired) electrons. The molecule has 0 spiro atoms. The van der Waals surface area contributed by atoms with Crippen molar-refractivity contribution in [2.45, 2.75) is 66.2 Å². The van der Waals surface area contributed by atoms with E-state index in [1.807, 2.05) is 33.9 Å². The summed E-state index contributed by atoms with van der Waals surface area (Å²) in [5.74, 6) is -0.206. The molecule has 3 heteroatoms. The predicted octanol–water partition coefficient (Wildman–Crippen LogP) is 5.51. The van der Waals surface area contributed by atoms with Crippen LogP contribution in [0.2, 0.25) is 0 Å². The van der Waals surface area contributed by atoms with Crippen molar-refractivity contribution in [3.8, 4) is 0 Å². The number of pyridine rings is 2. The summed E-state index contributed by atoms with van der Waals surface area (Å²) < 4.78 is 13.3. The molecule has 0 aliphatic carbocycles. The van der Waals surface area contributed by atoms with Gasteiger partial charge in [0, 0.05) is 28.9 Å². The fourth-order valence-electron chi connectivity index (χ4n) is 2.00. The van der Waals surface area contributed by atoms with Gasteiger partial charge in [0.1, 0.15) is 5.82 Å². The Morgan fingerprint density at radius 2 is 1.35 bits per heavy atom. The first-order chi connectivity index (χ1) is 10.4. The SMILES string of the molecule is Cc1ccc(C(C)(C)C)nc1.Cc1cnc(C(C)(C)C)c(F)c1. The number of nitrogens with zero attached hydrogens (tertiary/aromatic N) is 2. The van der Waals surface area contributed by atoms with E-state index in [4.69, 9.17) is 0 Å². The molecule has 2 nitrogen and oxygen atoms in total. The minimum Gasteiger partial charge on any atom is -0.260 e. The molecule has 0 unspecified atom stereocenters. The van der Waals surface area contributed by atoms with Gasteiger partial charge in [0.15, 0.2) is 0 Å². The normalized spacial score (nSPS) is 11.7. The van der Waals surface area contributed by atoms with Crippen LogP contribution in [0.5, 0.6) is 0 Å². The minimum absolute atomic E-state index is 0.174. The Balaban J connectivity index is 0.000000231. The second-order valence-electron chi connectivity index (χ2n) is 8.06. The molecule has 0 fully saturated rings. The van der Waals surface area contributed by atoms with E-state index < -0.39 is 0 Å². The lowest BCUT2D eigenvalue weighted by Crippen LogP contribution is -2.15. The maximum atomic E-state index is 13.3. The highest BCUT2D eigenvalue weighted by Gasteiger charge is 2.19. The van der Waals surface area contributed by atoms with Gasteiger partial charge < -0.3 is 0 Å². The van der Waals surface area contributed by atoms with Crippen LogP contribution in [0.1, 0.15) is 64.1 Å². The summed E-state index contributed by atoms with van der Waals surface area (Å²) in [6, 6.07) is 5.72. The number of hydrogen-bond donors (Lipinski definition) is 0. The molecule has 2 aromatic heterocycles. The molecule has 0 aliphatic rings. The Bertz CT molecular complexity index is 632. The summed E-state index contributed by atoms with van der Waals surface area (Å²) in [5.41, 5.74) is 3.74. The Kier molecular flexibility index (Phi) is 6.04. The van der Waals surface area contributed by atoms with Gasteiger partial charge in [0.25, 0.3) is 0 Å². The molecule has 2 heterocycles. The topological polar surface area (TPSA) is 25.8 Å². The fourth-order valence-corrected chi connectivity index (χ4v) is 2.00. The Morgan fingerprint density at radius 1 is 0.783 bits per heavy atom. The van der Waals surface area contributed by atoms with Gasteiger partial charge in [-0.25, -0.2) is 4.39 Å². The van der Waals surface area contributed by atoms with Crippen LogP contribution < -0.4 is 0 Å². The molecular weight excluding hydrogens is 287 g/mol. The van der Waals surface area contributed by atoms with Crippen LogP contribution in [-0.4, -0.2) is 9.97 Å². The zero-order valence-electron chi connectivity index (χ0n) is 15.7. The molecule has 126 valence electrons. The molecule has 0 aromatic carbocycles. The van der Waals surface area contributed by atoms with Gasteiger partial charge in [0.05, 0.1) is 5.69 Å². The molecule has 0 saturated carbocycles. The van der Waals surface area contributed by atoms with E-state index in [-0.39, 0.29) is 16.6 Å². The Morgan fingerprint density at radius 3 is 1.74 bits per heavy atom. The summed E-state index contributed by atoms with van der Waals surface area (Å²) in [7, 11) is 0. The molecule has 2 rings (SSSR count). The molecule has 0 bridgehead atoms. The number of aromatic nitrogens is 2. The highest BCUT2D eigenvalue weighted by atomic mass is 19.1. The number of rotatable bonds is 0. The van der Waals surface area contributed by atoms with Crippen LogP contribution in [0.15, 0.2) is 30.6 Å². The van der Waals surface area contributed by atoms with Crippen molar-refractivity contribution in [1.29, 1.82) is 0 Å². The predicted molar refractivity (Wildman–Crippen MR) is 95.3 cm³/mol. The van der Waals surface area contributed by atoms with Crippen molar-refractivity contribution in [3.63, 3.8) is 0 Å². The van der Waals surface area contributed by atoms with Gasteiger partial charge in [-0.1, -0.05) is 47.6 Å². The maximum Gasteiger partial charge on any atom is 0.145 e. The van der Waals surface area contributed by atoms with Gasteiger partial charge in [-0.3, -0.25) is 9.97 Å². The zero-order chi connectivity index (χ0) is 17.8. The van der Waals surface area contributed by atoms with Crippen LogP contribution in [-0.2, 0) is 10.8 Å². The highest BCUT2D eigenvalue weighted by molar-refractivity contribution is 5.20. The number of halogens is 1. The van der Waals surface area contributed by atoms with Crippen LogP contribution in [0.25, 0.3) is 0 Å². The number of aryl methyl sites for hydroxylation is 2. The summed E-state index contributed by atoms with van der Waals surface area (Å²) in [6.45, 7) is 16.3. The lowest BCUT2D eigenvalue weighted by Gasteiger charge is -2.18. The van der Waals surface area contributed by atoms with Crippen LogP contribution in [0, 0.1) is 19.7 Å². The standard InChI is InChI=1S/C10H14FN.C10H15N/c1-7-5-8(11)9(12-6-7)10(2,3)4;1-8-5-6-9(11-7-8)10(2,3)4/h5-6H,1-4H3;5-7H,1-4H3. The lowest BCUT2D eigenvalue weighted by atomic mass is 9.91. The Hall–Kier alpha value is -1.77. The molecule has 0 N–H and O–H groups in total. The van der Waals surface area contributed by atoms with Gasteiger partial charge in [0.2, 0.25) is 0 Å². The largest absolute Gasteiger partial charge is 0.260 e. The third-order valence-electron chi connectivity index (χ3n) is 3.37. The van der Waals surface area contributed by atoms with Crippen LogP contribution >= 0.6 is 0 Å². The van der Waals surface area contributed by atoms with Crippen molar-refractivity contribution in [3.05, 3.63) is 58.9 Å². The molecule has 23 heavy (non-hydrogen) atoms. The van der Waals surface area contributed by atoms with E-state index in [2.05, 4.69) is 49.8 Å². The van der Waals surface area contributed by atoms with E-state index in [0.717, 1.165) is 11.3 Å². The van der Waals surface area contributed by atoms with E-state index in [1.165, 1.54) is 11.6 Å². The van der Waals surface area contributed by atoms with Crippen molar-refractivity contribution in [2.75, 3.05) is 0 Å². The van der Waals surface area contributed by atoms with E-state index >= 15 is 0 Å². The van der Waals surface area contributed by atoms with Gasteiger partial charge in [-0.15, -0.1) is 0 Å². The minimum atomic E-state index is -0.211. The maximum absolute atomic E-state index is 13.3. The second kappa shape index (κ2) is 7.20. The van der Waals surface area contributed by atoms with E-state index in [9.17, 15) is 4.39 Å². The Labute approximate surface area is 140 Å².